The predicted octanol–water partition coefficient (Wildman–Crippen LogP) is 2.39. The van der Waals surface area contributed by atoms with Crippen LogP contribution in [-0.2, 0) is 26.3 Å². The Hall–Kier alpha value is -1.75. The molecule has 1 aliphatic rings. The van der Waals surface area contributed by atoms with E-state index in [1.807, 2.05) is 11.8 Å². The maximum atomic E-state index is 12.0. The number of benzene rings is 1. The highest BCUT2D eigenvalue weighted by atomic mass is 32.2. The van der Waals surface area contributed by atoms with Crippen LogP contribution in [0.25, 0.3) is 0 Å². The first-order chi connectivity index (χ1) is 10.6. The van der Waals surface area contributed by atoms with Gasteiger partial charge >= 0.3 is 5.69 Å². The lowest BCUT2D eigenvalue weighted by atomic mass is 9.91. The van der Waals surface area contributed by atoms with Crippen LogP contribution in [0.3, 0.4) is 0 Å². The molecule has 0 radical (unpaired) electrons. The van der Waals surface area contributed by atoms with Crippen LogP contribution in [0.5, 0.6) is 0 Å². The lowest BCUT2D eigenvalue weighted by Crippen LogP contribution is -2.37. The average Bonchev–Trinajstić information content (AvgIpc) is 2.55. The van der Waals surface area contributed by atoms with E-state index < -0.39 is 0 Å². The van der Waals surface area contributed by atoms with Crippen LogP contribution in [0.4, 0.5) is 0 Å². The first-order valence-corrected chi connectivity index (χ1v) is 8.58. The van der Waals surface area contributed by atoms with E-state index in [1.54, 1.807) is 17.7 Å². The maximum absolute atomic E-state index is 12.0. The molecule has 0 saturated heterocycles. The third-order valence-corrected chi connectivity index (χ3v) is 5.73. The summed E-state index contributed by atoms with van der Waals surface area (Å²) >= 11 is 1.82. The molecule has 0 saturated carbocycles. The van der Waals surface area contributed by atoms with E-state index in [0.717, 1.165) is 23.1 Å². The molecule has 22 heavy (non-hydrogen) atoms. The van der Waals surface area contributed by atoms with Crippen molar-refractivity contribution in [3.05, 3.63) is 68.0 Å². The predicted molar refractivity (Wildman–Crippen MR) is 90.3 cm³/mol. The molecule has 1 heterocycles. The molecule has 4 nitrogen and oxygen atoms in total. The first-order valence-electron chi connectivity index (χ1n) is 7.53. The summed E-state index contributed by atoms with van der Waals surface area (Å²) in [5.41, 5.74) is 3.15. The zero-order valence-corrected chi connectivity index (χ0v) is 13.7. The number of rotatable bonds is 3. The normalized spacial score (nSPS) is 17.3. The minimum Gasteiger partial charge on any atom is -0.300 e. The summed E-state index contributed by atoms with van der Waals surface area (Å²) in [4.78, 5) is 23.8. The summed E-state index contributed by atoms with van der Waals surface area (Å²) in [5.74, 6) is 0.681. The second-order valence-corrected chi connectivity index (χ2v) is 6.96. The molecule has 0 amide bonds. The van der Waals surface area contributed by atoms with Gasteiger partial charge in [-0.05, 0) is 30.4 Å². The monoisotopic (exact) mass is 316 g/mol. The van der Waals surface area contributed by atoms with Crippen molar-refractivity contribution in [3.63, 3.8) is 0 Å². The molecular weight excluding hydrogens is 296 g/mol. The lowest BCUT2D eigenvalue weighted by Gasteiger charge is -2.25. The Morgan fingerprint density at radius 1 is 1.18 bits per heavy atom. The standard InChI is InChI=1S/C17H20N2O2S/c1-18-13(10-16(20)19(2)17(18)21)11-22-15-9-5-7-12-6-3-4-8-14(12)15/h3-4,6,8,10,15H,5,7,9,11H2,1-2H3/t15-/m0/s1. The Bertz CT molecular complexity index is 807. The molecule has 0 aliphatic heterocycles. The van der Waals surface area contributed by atoms with Crippen LogP contribution < -0.4 is 11.2 Å². The second kappa shape index (κ2) is 6.16. The zero-order valence-electron chi connectivity index (χ0n) is 12.9. The number of hydrogen-bond donors (Lipinski definition) is 0. The Balaban J connectivity index is 1.83. The van der Waals surface area contributed by atoms with E-state index in [0.29, 0.717) is 11.0 Å². The van der Waals surface area contributed by atoms with E-state index in [1.165, 1.54) is 24.6 Å². The topological polar surface area (TPSA) is 44.0 Å². The van der Waals surface area contributed by atoms with Gasteiger partial charge in [-0.1, -0.05) is 24.3 Å². The largest absolute Gasteiger partial charge is 0.330 e. The smallest absolute Gasteiger partial charge is 0.300 e. The van der Waals surface area contributed by atoms with Gasteiger partial charge in [-0.15, -0.1) is 11.8 Å². The highest BCUT2D eigenvalue weighted by molar-refractivity contribution is 7.98. The minimum atomic E-state index is -0.257. The maximum Gasteiger partial charge on any atom is 0.330 e. The molecule has 0 bridgehead atoms. The van der Waals surface area contributed by atoms with Crippen molar-refractivity contribution in [1.82, 2.24) is 9.13 Å². The van der Waals surface area contributed by atoms with Crippen LogP contribution in [0, 0.1) is 0 Å². The summed E-state index contributed by atoms with van der Waals surface area (Å²) in [6, 6.07) is 10.2. The van der Waals surface area contributed by atoms with Gasteiger partial charge in [0, 0.05) is 36.9 Å². The van der Waals surface area contributed by atoms with E-state index in [2.05, 4.69) is 24.3 Å². The number of thioether (sulfide) groups is 1. The van der Waals surface area contributed by atoms with Crippen molar-refractivity contribution >= 4 is 11.8 Å². The average molecular weight is 316 g/mol. The number of fused-ring (bicyclic) bond motifs is 1. The van der Waals surface area contributed by atoms with Crippen LogP contribution in [0.15, 0.2) is 39.9 Å². The fourth-order valence-corrected chi connectivity index (χ4v) is 4.38. The van der Waals surface area contributed by atoms with Gasteiger partial charge in [0.2, 0.25) is 0 Å². The fraction of sp³-hybridized carbons (Fsp3) is 0.412. The van der Waals surface area contributed by atoms with Crippen molar-refractivity contribution in [2.45, 2.75) is 30.3 Å². The lowest BCUT2D eigenvalue weighted by molar-refractivity contribution is 0.659. The van der Waals surface area contributed by atoms with Crippen molar-refractivity contribution < 1.29 is 0 Å². The Labute approximate surface area is 133 Å². The van der Waals surface area contributed by atoms with E-state index in [4.69, 9.17) is 0 Å². The minimum absolute atomic E-state index is 0.234. The van der Waals surface area contributed by atoms with Gasteiger partial charge in [0.15, 0.2) is 0 Å². The molecule has 5 heteroatoms. The molecule has 3 rings (SSSR count). The van der Waals surface area contributed by atoms with Gasteiger partial charge in [0.1, 0.15) is 0 Å². The van der Waals surface area contributed by atoms with Crippen LogP contribution in [0.1, 0.15) is 34.9 Å². The summed E-state index contributed by atoms with van der Waals surface area (Å²) in [6.07, 6.45) is 3.50. The van der Waals surface area contributed by atoms with E-state index >= 15 is 0 Å². The molecule has 0 spiro atoms. The third-order valence-electron chi connectivity index (χ3n) is 4.37. The van der Waals surface area contributed by atoms with Crippen molar-refractivity contribution in [1.29, 1.82) is 0 Å². The molecule has 2 aromatic rings. The van der Waals surface area contributed by atoms with E-state index in [9.17, 15) is 9.59 Å². The Morgan fingerprint density at radius 2 is 1.95 bits per heavy atom. The molecule has 0 N–H and O–H groups in total. The van der Waals surface area contributed by atoms with Gasteiger partial charge in [-0.2, -0.15) is 0 Å². The number of aryl methyl sites for hydroxylation is 1. The van der Waals surface area contributed by atoms with Crippen molar-refractivity contribution in [2.75, 3.05) is 0 Å². The van der Waals surface area contributed by atoms with Crippen LogP contribution in [0.2, 0.25) is 0 Å². The molecule has 116 valence electrons. The molecule has 1 atom stereocenters. The summed E-state index contributed by atoms with van der Waals surface area (Å²) in [5, 5.41) is 0.448. The summed E-state index contributed by atoms with van der Waals surface area (Å²) in [6.45, 7) is 0. The highest BCUT2D eigenvalue weighted by Gasteiger charge is 2.20. The van der Waals surface area contributed by atoms with Gasteiger partial charge < -0.3 is 0 Å². The first kappa shape index (κ1) is 15.2. The molecular formula is C17H20N2O2S. The summed E-state index contributed by atoms with van der Waals surface area (Å²) in [7, 11) is 3.24. The van der Waals surface area contributed by atoms with Gasteiger partial charge in [0.05, 0.1) is 0 Å². The zero-order chi connectivity index (χ0) is 15.7. The molecule has 1 aliphatic carbocycles. The highest BCUT2D eigenvalue weighted by Crippen LogP contribution is 2.40. The van der Waals surface area contributed by atoms with Gasteiger partial charge in [-0.25, -0.2) is 4.79 Å². The Morgan fingerprint density at radius 3 is 2.77 bits per heavy atom. The van der Waals surface area contributed by atoms with Gasteiger partial charge in [-0.3, -0.25) is 13.9 Å². The van der Waals surface area contributed by atoms with Gasteiger partial charge in [0.25, 0.3) is 5.56 Å². The van der Waals surface area contributed by atoms with Crippen LogP contribution in [-0.4, -0.2) is 9.13 Å². The quantitative estimate of drug-likeness (QED) is 0.873. The summed E-state index contributed by atoms with van der Waals surface area (Å²) < 4.78 is 2.72. The van der Waals surface area contributed by atoms with Crippen LogP contribution >= 0.6 is 11.8 Å². The van der Waals surface area contributed by atoms with Crippen molar-refractivity contribution in [2.24, 2.45) is 14.1 Å². The van der Waals surface area contributed by atoms with E-state index in [-0.39, 0.29) is 11.2 Å². The van der Waals surface area contributed by atoms with Crippen molar-refractivity contribution in [3.8, 4) is 0 Å². The fourth-order valence-electron chi connectivity index (χ4n) is 2.99. The molecule has 1 aromatic heterocycles. The molecule has 0 unspecified atom stereocenters. The Kier molecular flexibility index (Phi) is 4.25. The SMILES string of the molecule is Cn1c(CS[C@H]2CCCc3ccccc32)cc(=O)n(C)c1=O. The third kappa shape index (κ3) is 2.77. The molecule has 1 aromatic carbocycles. The number of aromatic nitrogens is 2. The number of nitrogens with zero attached hydrogens (tertiary/aromatic N) is 2. The molecule has 0 fully saturated rings. The number of hydrogen-bond acceptors (Lipinski definition) is 3. The second-order valence-electron chi connectivity index (χ2n) is 5.77.